The van der Waals surface area contributed by atoms with Gasteiger partial charge < -0.3 is 9.88 Å². The molecule has 1 atom stereocenters. The number of carbonyl (C=O) groups is 1. The largest absolute Gasteiger partial charge is 0.346 e. The SMILES string of the molecule is O=C(Cn1nnnc1CN1CCCCCC1)N[C@@H](Cn1ccnc1)c1ccccc1. The van der Waals surface area contributed by atoms with Crippen molar-refractivity contribution in [1.29, 1.82) is 0 Å². The minimum atomic E-state index is -0.168. The van der Waals surface area contributed by atoms with Crippen LogP contribution >= 0.6 is 0 Å². The summed E-state index contributed by atoms with van der Waals surface area (Å²) in [5.74, 6) is 0.617. The number of likely N-dealkylation sites (tertiary alicyclic amines) is 1. The number of nitrogens with zero attached hydrogens (tertiary/aromatic N) is 7. The summed E-state index contributed by atoms with van der Waals surface area (Å²) in [4.78, 5) is 19.3. The van der Waals surface area contributed by atoms with E-state index in [4.69, 9.17) is 0 Å². The highest BCUT2D eigenvalue weighted by molar-refractivity contribution is 5.76. The molecule has 9 heteroatoms. The molecule has 0 saturated carbocycles. The summed E-state index contributed by atoms with van der Waals surface area (Å²) in [6, 6.07) is 9.79. The third-order valence-corrected chi connectivity index (χ3v) is 5.45. The highest BCUT2D eigenvalue weighted by Gasteiger charge is 2.19. The fraction of sp³-hybridized carbons (Fsp3) is 0.476. The van der Waals surface area contributed by atoms with E-state index in [-0.39, 0.29) is 18.5 Å². The third-order valence-electron chi connectivity index (χ3n) is 5.45. The zero-order valence-electron chi connectivity index (χ0n) is 17.1. The fourth-order valence-corrected chi connectivity index (χ4v) is 3.85. The molecule has 1 saturated heterocycles. The predicted octanol–water partition coefficient (Wildman–Crippen LogP) is 1.80. The number of tetrazole rings is 1. The molecule has 158 valence electrons. The number of carbonyl (C=O) groups excluding carboxylic acids is 1. The highest BCUT2D eigenvalue weighted by atomic mass is 16.2. The molecule has 0 aliphatic carbocycles. The van der Waals surface area contributed by atoms with Crippen LogP contribution in [0.5, 0.6) is 0 Å². The van der Waals surface area contributed by atoms with E-state index in [0.717, 1.165) is 24.5 Å². The topological polar surface area (TPSA) is 93.8 Å². The number of benzene rings is 1. The van der Waals surface area contributed by atoms with Crippen LogP contribution in [-0.2, 0) is 24.4 Å². The fourth-order valence-electron chi connectivity index (χ4n) is 3.85. The Hall–Kier alpha value is -3.07. The molecule has 1 amide bonds. The third kappa shape index (κ3) is 5.50. The predicted molar refractivity (Wildman–Crippen MR) is 111 cm³/mol. The molecule has 30 heavy (non-hydrogen) atoms. The lowest BCUT2D eigenvalue weighted by molar-refractivity contribution is -0.122. The number of aromatic nitrogens is 6. The van der Waals surface area contributed by atoms with Crippen LogP contribution in [0.3, 0.4) is 0 Å². The Labute approximate surface area is 176 Å². The van der Waals surface area contributed by atoms with E-state index in [0.29, 0.717) is 13.1 Å². The van der Waals surface area contributed by atoms with Crippen LogP contribution < -0.4 is 5.32 Å². The molecular weight excluding hydrogens is 380 g/mol. The zero-order valence-corrected chi connectivity index (χ0v) is 17.1. The van der Waals surface area contributed by atoms with Crippen molar-refractivity contribution in [2.45, 2.75) is 51.4 Å². The Morgan fingerprint density at radius 1 is 1.10 bits per heavy atom. The van der Waals surface area contributed by atoms with Crippen LogP contribution in [0, 0.1) is 0 Å². The molecule has 1 fully saturated rings. The Morgan fingerprint density at radius 3 is 2.63 bits per heavy atom. The lowest BCUT2D eigenvalue weighted by Crippen LogP contribution is -2.35. The second-order valence-electron chi connectivity index (χ2n) is 7.73. The van der Waals surface area contributed by atoms with Crippen LogP contribution in [-0.4, -0.2) is 53.7 Å². The average molecular weight is 409 g/mol. The van der Waals surface area contributed by atoms with Gasteiger partial charge in [-0.25, -0.2) is 9.67 Å². The van der Waals surface area contributed by atoms with Gasteiger partial charge in [0.15, 0.2) is 5.82 Å². The van der Waals surface area contributed by atoms with Gasteiger partial charge in [-0.3, -0.25) is 9.69 Å². The van der Waals surface area contributed by atoms with E-state index in [2.05, 4.69) is 30.7 Å². The highest BCUT2D eigenvalue weighted by Crippen LogP contribution is 2.15. The summed E-state index contributed by atoms with van der Waals surface area (Å²) in [5.41, 5.74) is 1.04. The van der Waals surface area contributed by atoms with Crippen LogP contribution in [0.1, 0.15) is 43.1 Å². The Morgan fingerprint density at radius 2 is 1.90 bits per heavy atom. The van der Waals surface area contributed by atoms with Crippen LogP contribution in [0.4, 0.5) is 0 Å². The van der Waals surface area contributed by atoms with Gasteiger partial charge in [0.05, 0.1) is 18.9 Å². The number of rotatable bonds is 8. The van der Waals surface area contributed by atoms with Crippen molar-refractivity contribution in [3.05, 3.63) is 60.4 Å². The Bertz CT molecular complexity index is 900. The van der Waals surface area contributed by atoms with Crippen LogP contribution in [0.25, 0.3) is 0 Å². The zero-order chi connectivity index (χ0) is 20.6. The molecule has 0 spiro atoms. The summed E-state index contributed by atoms with van der Waals surface area (Å²) in [6.45, 7) is 3.49. The van der Waals surface area contributed by atoms with E-state index in [1.807, 2.05) is 41.1 Å². The lowest BCUT2D eigenvalue weighted by atomic mass is 10.1. The maximum absolute atomic E-state index is 12.9. The number of imidazole rings is 1. The average Bonchev–Trinajstić information content (AvgIpc) is 3.35. The van der Waals surface area contributed by atoms with Gasteiger partial charge in [0, 0.05) is 18.9 Å². The summed E-state index contributed by atoms with van der Waals surface area (Å²) >= 11 is 0. The number of hydrogen-bond acceptors (Lipinski definition) is 6. The molecule has 0 unspecified atom stereocenters. The van der Waals surface area contributed by atoms with Gasteiger partial charge >= 0.3 is 0 Å². The molecule has 2 aromatic heterocycles. The normalized spacial score (nSPS) is 16.1. The molecule has 9 nitrogen and oxygen atoms in total. The van der Waals surface area contributed by atoms with Gasteiger partial charge in [-0.2, -0.15) is 0 Å². The van der Waals surface area contributed by atoms with Crippen molar-refractivity contribution in [3.63, 3.8) is 0 Å². The minimum absolute atomic E-state index is 0.101. The van der Waals surface area contributed by atoms with Gasteiger partial charge in [-0.05, 0) is 41.9 Å². The van der Waals surface area contributed by atoms with E-state index in [1.165, 1.54) is 25.7 Å². The van der Waals surface area contributed by atoms with Crippen molar-refractivity contribution >= 4 is 5.91 Å². The summed E-state index contributed by atoms with van der Waals surface area (Å²) in [5, 5.41) is 15.2. The Kier molecular flexibility index (Phi) is 6.81. The van der Waals surface area contributed by atoms with Gasteiger partial charge in [-0.15, -0.1) is 5.10 Å². The smallest absolute Gasteiger partial charge is 0.242 e. The maximum atomic E-state index is 12.9. The summed E-state index contributed by atoms with van der Waals surface area (Å²) in [7, 11) is 0. The van der Waals surface area contributed by atoms with Crippen LogP contribution in [0.2, 0.25) is 0 Å². The van der Waals surface area contributed by atoms with Crippen molar-refractivity contribution in [3.8, 4) is 0 Å². The lowest BCUT2D eigenvalue weighted by Gasteiger charge is -2.21. The summed E-state index contributed by atoms with van der Waals surface area (Å²) < 4.78 is 3.57. The first-order valence-electron chi connectivity index (χ1n) is 10.6. The second kappa shape index (κ2) is 10.1. The minimum Gasteiger partial charge on any atom is -0.346 e. The van der Waals surface area contributed by atoms with E-state index in [1.54, 1.807) is 17.2 Å². The van der Waals surface area contributed by atoms with Gasteiger partial charge in [-0.1, -0.05) is 43.2 Å². The first kappa shape index (κ1) is 20.2. The second-order valence-corrected chi connectivity index (χ2v) is 7.73. The van der Waals surface area contributed by atoms with Crippen LogP contribution in [0.15, 0.2) is 49.1 Å². The van der Waals surface area contributed by atoms with Crippen molar-refractivity contribution < 1.29 is 4.79 Å². The van der Waals surface area contributed by atoms with Gasteiger partial charge in [0.1, 0.15) is 6.54 Å². The molecule has 0 bridgehead atoms. The molecule has 1 N–H and O–H groups in total. The van der Waals surface area contributed by atoms with E-state index < -0.39 is 0 Å². The monoisotopic (exact) mass is 408 g/mol. The molecular formula is C21H28N8O. The number of amides is 1. The molecule has 3 aromatic rings. The van der Waals surface area contributed by atoms with Gasteiger partial charge in [0.2, 0.25) is 5.91 Å². The molecule has 1 aromatic carbocycles. The molecule has 3 heterocycles. The van der Waals surface area contributed by atoms with E-state index in [9.17, 15) is 4.79 Å². The van der Waals surface area contributed by atoms with Gasteiger partial charge in [0.25, 0.3) is 0 Å². The van der Waals surface area contributed by atoms with Crippen molar-refractivity contribution in [2.24, 2.45) is 0 Å². The molecule has 0 radical (unpaired) electrons. The summed E-state index contributed by atoms with van der Waals surface area (Å²) in [6.07, 6.45) is 10.3. The standard InChI is InChI=1S/C21H28N8O/c30-21(16-29-20(24-25-26-29)15-27-11-6-1-2-7-12-27)23-19(14-28-13-10-22-17-28)18-8-4-3-5-9-18/h3-5,8-10,13,17,19H,1-2,6-7,11-12,14-16H2,(H,23,30)/t19-/m0/s1. The Balaban J connectivity index is 1.40. The number of nitrogens with one attached hydrogen (secondary N) is 1. The first-order valence-corrected chi connectivity index (χ1v) is 10.6. The van der Waals surface area contributed by atoms with E-state index >= 15 is 0 Å². The maximum Gasteiger partial charge on any atom is 0.242 e. The quantitative estimate of drug-likeness (QED) is 0.611. The first-order chi connectivity index (χ1) is 14.8. The molecule has 1 aliphatic rings. The molecule has 4 rings (SSSR count). The van der Waals surface area contributed by atoms with Crippen molar-refractivity contribution in [2.75, 3.05) is 13.1 Å². The molecule has 1 aliphatic heterocycles. The van der Waals surface area contributed by atoms with Crippen molar-refractivity contribution in [1.82, 2.24) is 40.0 Å². The number of hydrogen-bond donors (Lipinski definition) is 1.